The highest BCUT2D eigenvalue weighted by atomic mass is 35.5. The molecule has 3 aromatic carbocycles. The van der Waals surface area contributed by atoms with Crippen molar-refractivity contribution in [1.82, 2.24) is 0 Å². The van der Waals surface area contributed by atoms with Gasteiger partial charge in [0.2, 0.25) is 0 Å². The zero-order chi connectivity index (χ0) is 19.9. The van der Waals surface area contributed by atoms with Crippen LogP contribution in [0.25, 0.3) is 0 Å². The second-order valence-corrected chi connectivity index (χ2v) is 7.62. The molecule has 5 heteroatoms. The van der Waals surface area contributed by atoms with Crippen LogP contribution in [-0.4, -0.2) is 11.8 Å². The number of ether oxygens (including phenoxy) is 1. The first-order chi connectivity index (χ1) is 13.5. The first kappa shape index (κ1) is 20.2. The zero-order valence-corrected chi connectivity index (χ0v) is 16.9. The van der Waals surface area contributed by atoms with Crippen LogP contribution in [0.1, 0.15) is 39.6 Å². The average molecular weight is 411 g/mol. The second kappa shape index (κ2) is 9.58. The zero-order valence-electron chi connectivity index (χ0n) is 15.4. The molecule has 3 nitrogen and oxygen atoms in total. The molecule has 0 saturated carbocycles. The van der Waals surface area contributed by atoms with Gasteiger partial charge in [-0.15, -0.1) is 11.8 Å². The lowest BCUT2D eigenvalue weighted by Gasteiger charge is -2.07. The average Bonchev–Trinajstić information content (AvgIpc) is 2.73. The van der Waals surface area contributed by atoms with E-state index in [4.69, 9.17) is 16.3 Å². The molecule has 0 aromatic heterocycles. The van der Waals surface area contributed by atoms with Crippen LogP contribution in [0.4, 0.5) is 0 Å². The minimum Gasteiger partial charge on any atom is -0.423 e. The van der Waals surface area contributed by atoms with Gasteiger partial charge in [-0.1, -0.05) is 30.7 Å². The summed E-state index contributed by atoms with van der Waals surface area (Å²) in [6.07, 6.45) is 0.446. The Bertz CT molecular complexity index is 949. The number of benzene rings is 3. The van der Waals surface area contributed by atoms with Crippen molar-refractivity contribution in [1.29, 1.82) is 0 Å². The van der Waals surface area contributed by atoms with E-state index in [0.29, 0.717) is 23.3 Å². The molecule has 0 fully saturated rings. The first-order valence-electron chi connectivity index (χ1n) is 8.88. The monoisotopic (exact) mass is 410 g/mol. The van der Waals surface area contributed by atoms with Gasteiger partial charge in [-0.2, -0.15) is 0 Å². The van der Waals surface area contributed by atoms with Crippen molar-refractivity contribution in [2.45, 2.75) is 24.0 Å². The van der Waals surface area contributed by atoms with Crippen molar-refractivity contribution in [3.63, 3.8) is 0 Å². The van der Waals surface area contributed by atoms with Crippen LogP contribution in [0.15, 0.2) is 77.7 Å². The van der Waals surface area contributed by atoms with Crippen LogP contribution in [0.5, 0.6) is 5.75 Å². The number of esters is 1. The van der Waals surface area contributed by atoms with Crippen molar-refractivity contribution < 1.29 is 14.3 Å². The Morgan fingerprint density at radius 2 is 1.46 bits per heavy atom. The second-order valence-electron chi connectivity index (χ2n) is 6.13. The molecule has 0 amide bonds. The predicted molar refractivity (Wildman–Crippen MR) is 113 cm³/mol. The molecule has 0 saturated heterocycles. The van der Waals surface area contributed by atoms with Crippen LogP contribution >= 0.6 is 23.4 Å². The summed E-state index contributed by atoms with van der Waals surface area (Å²) in [7, 11) is 0. The van der Waals surface area contributed by atoms with Gasteiger partial charge in [0.05, 0.1) is 5.56 Å². The summed E-state index contributed by atoms with van der Waals surface area (Å²) >= 11 is 7.60. The van der Waals surface area contributed by atoms with E-state index in [1.54, 1.807) is 48.2 Å². The first-order valence-corrected chi connectivity index (χ1v) is 10.2. The molecule has 0 N–H and O–H groups in total. The maximum Gasteiger partial charge on any atom is 0.343 e. The maximum atomic E-state index is 12.3. The third-order valence-electron chi connectivity index (χ3n) is 4.12. The number of hydrogen-bond donors (Lipinski definition) is 0. The summed E-state index contributed by atoms with van der Waals surface area (Å²) in [6.45, 7) is 1.81. The van der Waals surface area contributed by atoms with Gasteiger partial charge in [-0.3, -0.25) is 4.79 Å². The number of rotatable bonds is 7. The predicted octanol–water partition coefficient (Wildman–Crippen LogP) is 6.44. The van der Waals surface area contributed by atoms with Crippen LogP contribution in [0.3, 0.4) is 0 Å². The Kier molecular flexibility index (Phi) is 6.90. The lowest BCUT2D eigenvalue weighted by Crippen LogP contribution is -2.08. The fourth-order valence-electron chi connectivity index (χ4n) is 2.51. The summed E-state index contributed by atoms with van der Waals surface area (Å²) in [5.74, 6) is 0.848. The third-order valence-corrected chi connectivity index (χ3v) is 5.45. The van der Waals surface area contributed by atoms with Crippen molar-refractivity contribution in [3.8, 4) is 5.75 Å². The molecule has 3 rings (SSSR count). The molecule has 0 aliphatic carbocycles. The molecule has 0 bridgehead atoms. The molecule has 0 spiro atoms. The Morgan fingerprint density at radius 1 is 0.857 bits per heavy atom. The highest BCUT2D eigenvalue weighted by molar-refractivity contribution is 7.98. The van der Waals surface area contributed by atoms with E-state index >= 15 is 0 Å². The Hall–Kier alpha value is -2.56. The smallest absolute Gasteiger partial charge is 0.343 e. The van der Waals surface area contributed by atoms with Gasteiger partial charge in [0.25, 0.3) is 0 Å². The van der Waals surface area contributed by atoms with Crippen molar-refractivity contribution in [2.75, 3.05) is 0 Å². The van der Waals surface area contributed by atoms with E-state index < -0.39 is 5.97 Å². The Morgan fingerprint density at radius 3 is 2.07 bits per heavy atom. The molecule has 28 heavy (non-hydrogen) atoms. The summed E-state index contributed by atoms with van der Waals surface area (Å²) in [6, 6.07) is 21.7. The van der Waals surface area contributed by atoms with Crippen molar-refractivity contribution in [3.05, 3.63) is 94.5 Å². The molecule has 3 aromatic rings. The van der Waals surface area contributed by atoms with E-state index in [9.17, 15) is 9.59 Å². The van der Waals surface area contributed by atoms with Gasteiger partial charge in [-0.05, 0) is 66.2 Å². The number of carbonyl (C=O) groups excluding carboxylic acids is 2. The lowest BCUT2D eigenvalue weighted by atomic mass is 10.1. The SMILES string of the molecule is CCC(=O)c1ccc(OC(=O)c2ccc(CSc3ccc(Cl)cc3)cc2)cc1. The summed E-state index contributed by atoms with van der Waals surface area (Å²) in [5, 5.41) is 0.721. The largest absolute Gasteiger partial charge is 0.423 e. The van der Waals surface area contributed by atoms with Crippen LogP contribution in [0.2, 0.25) is 5.02 Å². The van der Waals surface area contributed by atoms with Crippen LogP contribution < -0.4 is 4.74 Å². The molecule has 0 unspecified atom stereocenters. The van der Waals surface area contributed by atoms with E-state index in [2.05, 4.69) is 0 Å². The minimum atomic E-state index is -0.425. The molecule has 0 aliphatic heterocycles. The minimum absolute atomic E-state index is 0.0601. The van der Waals surface area contributed by atoms with Gasteiger partial charge in [0, 0.05) is 27.7 Å². The van der Waals surface area contributed by atoms with Crippen molar-refractivity contribution >= 4 is 35.1 Å². The molecular formula is C23H19ClO3S. The van der Waals surface area contributed by atoms with Crippen LogP contribution in [0, 0.1) is 0 Å². The number of carbonyl (C=O) groups is 2. The van der Waals surface area contributed by atoms with Gasteiger partial charge in [-0.25, -0.2) is 4.79 Å². The molecule has 0 aliphatic rings. The molecule has 142 valence electrons. The van der Waals surface area contributed by atoms with Gasteiger partial charge >= 0.3 is 5.97 Å². The fraction of sp³-hybridized carbons (Fsp3) is 0.130. The highest BCUT2D eigenvalue weighted by Crippen LogP contribution is 2.24. The van der Waals surface area contributed by atoms with Crippen LogP contribution in [-0.2, 0) is 5.75 Å². The number of ketones is 1. The van der Waals surface area contributed by atoms with E-state index in [-0.39, 0.29) is 5.78 Å². The Labute approximate surface area is 173 Å². The van der Waals surface area contributed by atoms with E-state index in [1.165, 1.54) is 0 Å². The standard InChI is InChI=1S/C23H19ClO3S/c1-2-22(25)17-7-11-20(12-8-17)27-23(26)18-5-3-16(4-6-18)15-28-21-13-9-19(24)10-14-21/h3-14H,2,15H2,1H3. The van der Waals surface area contributed by atoms with E-state index in [1.807, 2.05) is 43.3 Å². The number of hydrogen-bond acceptors (Lipinski definition) is 4. The quantitative estimate of drug-likeness (QED) is 0.194. The number of halogens is 1. The van der Waals surface area contributed by atoms with E-state index in [0.717, 1.165) is 21.2 Å². The van der Waals surface area contributed by atoms with Gasteiger partial charge < -0.3 is 4.74 Å². The summed E-state index contributed by atoms with van der Waals surface area (Å²) < 4.78 is 5.38. The maximum absolute atomic E-state index is 12.3. The lowest BCUT2D eigenvalue weighted by molar-refractivity contribution is 0.0734. The summed E-state index contributed by atoms with van der Waals surface area (Å²) in [5.41, 5.74) is 2.21. The third kappa shape index (κ3) is 5.47. The molecular weight excluding hydrogens is 392 g/mol. The number of thioether (sulfide) groups is 1. The fourth-order valence-corrected chi connectivity index (χ4v) is 3.49. The topological polar surface area (TPSA) is 43.4 Å². The van der Waals surface area contributed by atoms with Gasteiger partial charge in [0.1, 0.15) is 5.75 Å². The van der Waals surface area contributed by atoms with Gasteiger partial charge in [0.15, 0.2) is 5.78 Å². The molecule has 0 heterocycles. The summed E-state index contributed by atoms with van der Waals surface area (Å²) in [4.78, 5) is 25.1. The number of Topliss-reactive ketones (excluding diaryl/α,β-unsaturated/α-hetero) is 1. The highest BCUT2D eigenvalue weighted by Gasteiger charge is 2.10. The van der Waals surface area contributed by atoms with Crippen molar-refractivity contribution in [2.24, 2.45) is 0 Å². The molecule has 0 radical (unpaired) electrons. The Balaban J connectivity index is 1.57. The molecule has 0 atom stereocenters. The normalized spacial score (nSPS) is 10.5.